The molecule has 0 radical (unpaired) electrons. The smallest absolute Gasteiger partial charge is 0.416 e. The van der Waals surface area contributed by atoms with Crippen LogP contribution in [0.4, 0.5) is 52.7 Å². The molecular weight excluding hydrogens is 826 g/mol. The summed E-state index contributed by atoms with van der Waals surface area (Å²) in [6.07, 6.45) is -19.4. The minimum Gasteiger partial charge on any atom is -0.496 e. The van der Waals surface area contributed by atoms with Crippen LogP contribution < -0.4 is 41.3 Å². The summed E-state index contributed by atoms with van der Waals surface area (Å²) in [5, 5.41) is 0.228. The Morgan fingerprint density at radius 1 is 0.345 bits per heavy atom. The van der Waals surface area contributed by atoms with Crippen LogP contribution in [-0.4, -0.2) is 14.2 Å². The van der Waals surface area contributed by atoms with Crippen LogP contribution in [0.15, 0.2) is 133 Å². The summed E-state index contributed by atoms with van der Waals surface area (Å²) in [7, 11) is -2.21. The van der Waals surface area contributed by atoms with Gasteiger partial charge in [0.2, 0.25) is 0 Å². The molecular formula is C42H28F12O2P2. The van der Waals surface area contributed by atoms with Gasteiger partial charge in [-0.2, -0.15) is 52.7 Å². The van der Waals surface area contributed by atoms with Gasteiger partial charge in [0.15, 0.2) is 0 Å². The lowest BCUT2D eigenvalue weighted by Crippen LogP contribution is -2.28. The van der Waals surface area contributed by atoms with Gasteiger partial charge in [0, 0.05) is 11.1 Å². The zero-order chi connectivity index (χ0) is 42.2. The number of hydrogen-bond donors (Lipinski definition) is 0. The van der Waals surface area contributed by atoms with Crippen LogP contribution in [0.1, 0.15) is 22.3 Å². The molecule has 302 valence electrons. The van der Waals surface area contributed by atoms with Gasteiger partial charge >= 0.3 is 24.7 Å². The number of benzene rings is 6. The van der Waals surface area contributed by atoms with Crippen molar-refractivity contribution in [1.29, 1.82) is 0 Å². The van der Waals surface area contributed by atoms with E-state index in [0.29, 0.717) is 0 Å². The van der Waals surface area contributed by atoms with Gasteiger partial charge < -0.3 is 9.47 Å². The molecule has 0 spiro atoms. The Morgan fingerprint density at radius 2 is 0.586 bits per heavy atom. The third kappa shape index (κ3) is 8.98. The maximum Gasteiger partial charge on any atom is 0.416 e. The molecule has 0 aromatic heterocycles. The molecule has 0 bridgehead atoms. The summed E-state index contributed by atoms with van der Waals surface area (Å²) in [5.41, 5.74) is -4.14. The molecule has 0 aliphatic rings. The van der Waals surface area contributed by atoms with Crippen LogP contribution in [0.2, 0.25) is 0 Å². The molecule has 0 fully saturated rings. The highest BCUT2D eigenvalue weighted by Gasteiger charge is 2.37. The van der Waals surface area contributed by atoms with Gasteiger partial charge in [-0.25, -0.2) is 0 Å². The lowest BCUT2D eigenvalue weighted by Gasteiger charge is -2.29. The van der Waals surface area contributed by atoms with Gasteiger partial charge in [-0.1, -0.05) is 72.8 Å². The monoisotopic (exact) mass is 854 g/mol. The second kappa shape index (κ2) is 16.3. The fourth-order valence-corrected chi connectivity index (χ4v) is 11.5. The van der Waals surface area contributed by atoms with Crippen molar-refractivity contribution in [3.05, 3.63) is 156 Å². The maximum absolute atomic E-state index is 14.2. The molecule has 0 atom stereocenters. The molecule has 0 aliphatic heterocycles. The molecule has 6 aromatic rings. The first kappa shape index (κ1) is 42.5. The molecule has 0 heterocycles. The Kier molecular flexibility index (Phi) is 12.0. The molecule has 58 heavy (non-hydrogen) atoms. The van der Waals surface area contributed by atoms with Crippen LogP contribution in [-0.2, 0) is 24.7 Å². The van der Waals surface area contributed by atoms with Crippen molar-refractivity contribution in [2.75, 3.05) is 14.2 Å². The Morgan fingerprint density at radius 3 is 0.810 bits per heavy atom. The van der Waals surface area contributed by atoms with E-state index in [-0.39, 0.29) is 54.5 Å². The van der Waals surface area contributed by atoms with Crippen molar-refractivity contribution in [2.45, 2.75) is 24.7 Å². The molecule has 6 rings (SSSR count). The molecule has 0 amide bonds. The van der Waals surface area contributed by atoms with Gasteiger partial charge in [-0.15, -0.1) is 0 Å². The summed E-state index contributed by atoms with van der Waals surface area (Å²) in [5.74, 6) is 0.0791. The normalized spacial score (nSPS) is 12.6. The van der Waals surface area contributed by atoms with Crippen LogP contribution in [0.5, 0.6) is 11.5 Å². The quantitative estimate of drug-likeness (QED) is 0.107. The second-order valence-electron chi connectivity index (χ2n) is 12.6. The fourth-order valence-electron chi connectivity index (χ4n) is 6.39. The number of ether oxygens (including phenoxy) is 2. The lowest BCUT2D eigenvalue weighted by molar-refractivity contribution is -0.138. The van der Waals surface area contributed by atoms with E-state index < -0.39 is 62.8 Å². The predicted octanol–water partition coefficient (Wildman–Crippen LogP) is 11.0. The topological polar surface area (TPSA) is 18.5 Å². The molecule has 0 saturated carbocycles. The summed E-state index contributed by atoms with van der Waals surface area (Å²) < 4.78 is 182. The molecule has 6 aromatic carbocycles. The number of alkyl halides is 12. The van der Waals surface area contributed by atoms with Gasteiger partial charge in [0.1, 0.15) is 11.5 Å². The van der Waals surface area contributed by atoms with Crippen molar-refractivity contribution < 1.29 is 62.2 Å². The van der Waals surface area contributed by atoms with E-state index >= 15 is 0 Å². The SMILES string of the molecule is COc1cccc(P(c2cccc(C(F)(F)F)c2)c2cccc(C(F)(F)F)c2)c1-c1c(OC)cccc1P(c1cccc(C(F)(F)F)c1)c1cccc(C(F)(F)F)c1. The van der Waals surface area contributed by atoms with Crippen molar-refractivity contribution in [1.82, 2.24) is 0 Å². The Bertz CT molecular complexity index is 2140. The van der Waals surface area contributed by atoms with Crippen molar-refractivity contribution in [3.63, 3.8) is 0 Å². The first-order valence-corrected chi connectivity index (χ1v) is 19.5. The van der Waals surface area contributed by atoms with E-state index in [4.69, 9.17) is 9.47 Å². The summed E-state index contributed by atoms with van der Waals surface area (Å²) in [4.78, 5) is 0. The van der Waals surface area contributed by atoms with E-state index in [0.717, 1.165) is 72.8 Å². The molecule has 0 saturated heterocycles. The van der Waals surface area contributed by atoms with Crippen molar-refractivity contribution in [2.24, 2.45) is 0 Å². The first-order chi connectivity index (χ1) is 27.2. The zero-order valence-electron chi connectivity index (χ0n) is 29.9. The third-order valence-electron chi connectivity index (χ3n) is 8.91. The van der Waals surface area contributed by atoms with E-state index in [1.165, 1.54) is 74.9 Å². The number of methoxy groups -OCH3 is 2. The van der Waals surface area contributed by atoms with Crippen molar-refractivity contribution >= 4 is 47.7 Å². The second-order valence-corrected chi connectivity index (χ2v) is 16.9. The molecule has 0 N–H and O–H groups in total. The van der Waals surface area contributed by atoms with Crippen LogP contribution in [0.25, 0.3) is 11.1 Å². The number of hydrogen-bond acceptors (Lipinski definition) is 2. The van der Waals surface area contributed by atoms with E-state index in [2.05, 4.69) is 0 Å². The van der Waals surface area contributed by atoms with E-state index in [1.54, 1.807) is 0 Å². The molecule has 0 aliphatic carbocycles. The largest absolute Gasteiger partial charge is 0.496 e. The summed E-state index contributed by atoms with van der Waals surface area (Å²) in [6, 6.07) is 25.3. The van der Waals surface area contributed by atoms with Crippen molar-refractivity contribution in [3.8, 4) is 22.6 Å². The Labute approximate surface area is 326 Å². The van der Waals surface area contributed by atoms with Crippen LogP contribution in [0.3, 0.4) is 0 Å². The highest BCUT2D eigenvalue weighted by molar-refractivity contribution is 7.80. The first-order valence-electron chi connectivity index (χ1n) is 16.9. The maximum atomic E-state index is 14.2. The van der Waals surface area contributed by atoms with E-state index in [1.807, 2.05) is 0 Å². The van der Waals surface area contributed by atoms with Gasteiger partial charge in [-0.3, -0.25) is 0 Å². The average molecular weight is 855 g/mol. The number of halogens is 12. The highest BCUT2D eigenvalue weighted by atomic mass is 31.1. The molecule has 2 nitrogen and oxygen atoms in total. The van der Waals surface area contributed by atoms with Gasteiger partial charge in [-0.05, 0) is 108 Å². The highest BCUT2D eigenvalue weighted by Crippen LogP contribution is 2.48. The molecule has 16 heteroatoms. The van der Waals surface area contributed by atoms with E-state index in [9.17, 15) is 52.7 Å². The fraction of sp³-hybridized carbons (Fsp3) is 0.143. The average Bonchev–Trinajstić information content (AvgIpc) is 3.17. The van der Waals surface area contributed by atoms with Crippen LogP contribution >= 0.6 is 15.8 Å². The number of rotatable bonds is 9. The summed E-state index contributed by atoms with van der Waals surface area (Å²) >= 11 is 0. The molecule has 0 unspecified atom stereocenters. The zero-order valence-corrected chi connectivity index (χ0v) is 31.7. The third-order valence-corrected chi connectivity index (χ3v) is 13.8. The van der Waals surface area contributed by atoms with Crippen LogP contribution in [0, 0.1) is 0 Å². The predicted molar refractivity (Wildman–Crippen MR) is 202 cm³/mol. The Balaban J connectivity index is 1.75. The minimum absolute atomic E-state index is 0.0203. The lowest BCUT2D eigenvalue weighted by atomic mass is 10.0. The Hall–Kier alpha value is -5.06. The summed E-state index contributed by atoms with van der Waals surface area (Å²) in [6.45, 7) is 0. The van der Waals surface area contributed by atoms with Gasteiger partial charge in [0.05, 0.1) is 36.5 Å². The van der Waals surface area contributed by atoms with Gasteiger partial charge in [0.25, 0.3) is 0 Å². The standard InChI is InChI=1S/C42H28F12O2P2/c1-55-33-17-7-19-35(57(29-13-3-9-25(21-29)39(43,44)45)30-14-4-10-26(22-30)40(46,47)48)37(33)38-34(56-2)18-8-20-36(38)58(31-15-5-11-27(23-31)41(49,50)51)32-16-6-12-28(24-32)42(52,53)54/h3-24H,1-2H3. The minimum atomic E-state index is -4.84.